The minimum atomic E-state index is -0.951. The van der Waals surface area contributed by atoms with E-state index in [2.05, 4.69) is 31.0 Å². The second-order valence-corrected chi connectivity index (χ2v) is 7.70. The van der Waals surface area contributed by atoms with E-state index in [1.807, 2.05) is 31.2 Å². The lowest BCUT2D eigenvalue weighted by Crippen LogP contribution is -2.49. The molecule has 0 aliphatic heterocycles. The van der Waals surface area contributed by atoms with Crippen LogP contribution in [0.3, 0.4) is 0 Å². The van der Waals surface area contributed by atoms with Crippen LogP contribution >= 0.6 is 0 Å². The number of alkyl halides is 1. The Balaban J connectivity index is 1.46. The molecular formula is C22H23F2N7. The summed E-state index contributed by atoms with van der Waals surface area (Å²) in [5, 5.41) is 15.5. The van der Waals surface area contributed by atoms with Crippen molar-refractivity contribution < 1.29 is 8.78 Å². The number of nitrogens with zero attached hydrogens (tertiary/aromatic N) is 4. The first-order chi connectivity index (χ1) is 15.0. The van der Waals surface area contributed by atoms with Gasteiger partial charge in [0.25, 0.3) is 0 Å². The SMILES string of the molecule is Cc1cc(-c2ccc(NC[C@]3(c4ncccc4F)C[C@H](F)C3)nn2)ccc1N/N=C/N. The van der Waals surface area contributed by atoms with Gasteiger partial charge in [-0.2, -0.15) is 5.10 Å². The Bertz CT molecular complexity index is 1080. The van der Waals surface area contributed by atoms with Gasteiger partial charge in [0, 0.05) is 23.7 Å². The smallest absolute Gasteiger partial charge is 0.148 e. The maximum absolute atomic E-state index is 14.3. The molecule has 4 N–H and O–H groups in total. The summed E-state index contributed by atoms with van der Waals surface area (Å²) in [6.07, 6.45) is 2.23. The summed E-state index contributed by atoms with van der Waals surface area (Å²) in [6.45, 7) is 2.28. The molecule has 0 unspecified atom stereocenters. The van der Waals surface area contributed by atoms with E-state index in [1.54, 1.807) is 6.07 Å². The first-order valence-corrected chi connectivity index (χ1v) is 9.94. The zero-order chi connectivity index (χ0) is 21.8. The van der Waals surface area contributed by atoms with Crippen molar-refractivity contribution in [3.8, 4) is 11.3 Å². The van der Waals surface area contributed by atoms with Gasteiger partial charge in [-0.1, -0.05) is 6.07 Å². The van der Waals surface area contributed by atoms with E-state index in [1.165, 1.54) is 24.7 Å². The van der Waals surface area contributed by atoms with Crippen LogP contribution in [-0.2, 0) is 5.41 Å². The van der Waals surface area contributed by atoms with Crippen molar-refractivity contribution in [2.75, 3.05) is 17.3 Å². The predicted octanol–water partition coefficient (Wildman–Crippen LogP) is 3.78. The number of halogens is 2. The number of benzene rings is 1. The van der Waals surface area contributed by atoms with Crippen molar-refractivity contribution in [1.82, 2.24) is 15.2 Å². The van der Waals surface area contributed by atoms with Crippen molar-refractivity contribution in [3.63, 3.8) is 0 Å². The van der Waals surface area contributed by atoms with Crippen molar-refractivity contribution in [2.24, 2.45) is 10.8 Å². The van der Waals surface area contributed by atoms with Crippen molar-refractivity contribution in [2.45, 2.75) is 31.4 Å². The van der Waals surface area contributed by atoms with E-state index < -0.39 is 17.4 Å². The summed E-state index contributed by atoms with van der Waals surface area (Å²) in [5.41, 5.74) is 11.2. The number of pyridine rings is 1. The van der Waals surface area contributed by atoms with Crippen molar-refractivity contribution in [3.05, 3.63) is 65.7 Å². The maximum Gasteiger partial charge on any atom is 0.148 e. The van der Waals surface area contributed by atoms with Crippen LogP contribution in [0.4, 0.5) is 20.3 Å². The van der Waals surface area contributed by atoms with E-state index in [0.29, 0.717) is 23.8 Å². The minimum Gasteiger partial charge on any atom is -0.388 e. The standard InChI is InChI=1S/C22H23F2N7/c1-14-9-15(4-5-18(14)29-28-13-25)19-6-7-20(31-30-19)27-12-22(10-16(23)11-22)21-17(24)3-2-8-26-21/h2-9,13,16,29H,10-12H2,1H3,(H2,25,28)(H,27,31)/t16-,22-. The van der Waals surface area contributed by atoms with Crippen LogP contribution in [0.1, 0.15) is 24.1 Å². The van der Waals surface area contributed by atoms with Gasteiger partial charge in [-0.05, 0) is 61.7 Å². The second kappa shape index (κ2) is 8.63. The Morgan fingerprint density at radius 1 is 1.23 bits per heavy atom. The summed E-state index contributed by atoms with van der Waals surface area (Å²) in [7, 11) is 0. The third-order valence-corrected chi connectivity index (χ3v) is 5.54. The molecule has 1 fully saturated rings. The van der Waals surface area contributed by atoms with Gasteiger partial charge in [0.05, 0.1) is 17.1 Å². The molecule has 4 rings (SSSR count). The molecule has 1 aliphatic rings. The highest BCUT2D eigenvalue weighted by Gasteiger charge is 2.48. The summed E-state index contributed by atoms with van der Waals surface area (Å²) < 4.78 is 28.0. The monoisotopic (exact) mass is 423 g/mol. The summed E-state index contributed by atoms with van der Waals surface area (Å²) in [4.78, 5) is 4.17. The predicted molar refractivity (Wildman–Crippen MR) is 117 cm³/mol. The normalized spacial score (nSPS) is 20.4. The molecule has 31 heavy (non-hydrogen) atoms. The molecule has 160 valence electrons. The van der Waals surface area contributed by atoms with Gasteiger partial charge >= 0.3 is 0 Å². The van der Waals surface area contributed by atoms with Crippen LogP contribution in [0.2, 0.25) is 0 Å². The van der Waals surface area contributed by atoms with Gasteiger partial charge in [-0.25, -0.2) is 8.78 Å². The number of hydrazone groups is 1. The van der Waals surface area contributed by atoms with Gasteiger partial charge in [0.15, 0.2) is 0 Å². The molecule has 0 atom stereocenters. The van der Waals surface area contributed by atoms with E-state index in [9.17, 15) is 8.78 Å². The highest BCUT2D eigenvalue weighted by Crippen LogP contribution is 2.45. The molecule has 1 aromatic carbocycles. The molecule has 2 heterocycles. The Hall–Kier alpha value is -3.62. The van der Waals surface area contributed by atoms with Gasteiger partial charge in [-0.3, -0.25) is 10.4 Å². The Labute approximate surface area is 178 Å². The van der Waals surface area contributed by atoms with Gasteiger partial charge in [0.2, 0.25) is 0 Å². The quantitative estimate of drug-likeness (QED) is 0.304. The summed E-state index contributed by atoms with van der Waals surface area (Å²) in [6, 6.07) is 12.3. The third kappa shape index (κ3) is 4.30. The molecule has 0 amide bonds. The molecule has 9 heteroatoms. The molecule has 0 spiro atoms. The summed E-state index contributed by atoms with van der Waals surface area (Å²) >= 11 is 0. The highest BCUT2D eigenvalue weighted by atomic mass is 19.1. The number of hydrogen-bond acceptors (Lipinski definition) is 6. The van der Waals surface area contributed by atoms with Gasteiger partial charge in [-0.15, -0.1) is 10.2 Å². The number of anilines is 2. The molecule has 0 saturated heterocycles. The minimum absolute atomic E-state index is 0.229. The fourth-order valence-electron chi connectivity index (χ4n) is 3.88. The number of hydrogen-bond donors (Lipinski definition) is 3. The number of aromatic nitrogens is 3. The first kappa shape index (κ1) is 20.6. The number of nitrogens with two attached hydrogens (primary N) is 1. The largest absolute Gasteiger partial charge is 0.388 e. The van der Waals surface area contributed by atoms with Crippen LogP contribution in [0.15, 0.2) is 53.8 Å². The molecule has 0 bridgehead atoms. The molecule has 7 nitrogen and oxygen atoms in total. The third-order valence-electron chi connectivity index (χ3n) is 5.54. The lowest BCUT2D eigenvalue weighted by atomic mass is 9.65. The maximum atomic E-state index is 14.3. The van der Waals surface area contributed by atoms with E-state index in [4.69, 9.17) is 5.73 Å². The molecule has 1 aliphatic carbocycles. The fraction of sp³-hybridized carbons (Fsp3) is 0.273. The van der Waals surface area contributed by atoms with Crippen LogP contribution in [0.5, 0.6) is 0 Å². The molecular weight excluding hydrogens is 400 g/mol. The number of rotatable bonds is 7. The van der Waals surface area contributed by atoms with Gasteiger partial charge < -0.3 is 11.1 Å². The second-order valence-electron chi connectivity index (χ2n) is 7.70. The summed E-state index contributed by atoms with van der Waals surface area (Å²) in [5.74, 6) is 0.122. The fourth-order valence-corrected chi connectivity index (χ4v) is 3.88. The Kier molecular flexibility index (Phi) is 5.75. The lowest BCUT2D eigenvalue weighted by Gasteiger charge is -2.44. The zero-order valence-electron chi connectivity index (χ0n) is 17.0. The van der Waals surface area contributed by atoms with Crippen LogP contribution in [-0.4, -0.2) is 34.2 Å². The van der Waals surface area contributed by atoms with Crippen molar-refractivity contribution in [1.29, 1.82) is 0 Å². The van der Waals surface area contributed by atoms with E-state index in [0.717, 1.165) is 16.8 Å². The van der Waals surface area contributed by atoms with Gasteiger partial charge in [0.1, 0.15) is 24.1 Å². The molecule has 0 radical (unpaired) electrons. The molecule has 2 aromatic heterocycles. The topological polar surface area (TPSA) is 101 Å². The Morgan fingerprint density at radius 2 is 2.06 bits per heavy atom. The van der Waals surface area contributed by atoms with E-state index >= 15 is 0 Å². The van der Waals surface area contributed by atoms with Crippen molar-refractivity contribution >= 4 is 17.8 Å². The van der Waals surface area contributed by atoms with Crippen LogP contribution in [0, 0.1) is 12.7 Å². The van der Waals surface area contributed by atoms with E-state index in [-0.39, 0.29) is 12.8 Å². The lowest BCUT2D eigenvalue weighted by molar-refractivity contribution is 0.0964. The average molecular weight is 423 g/mol. The van der Waals surface area contributed by atoms with Crippen LogP contribution in [0.25, 0.3) is 11.3 Å². The first-order valence-electron chi connectivity index (χ1n) is 9.94. The molecule has 3 aromatic rings. The zero-order valence-corrected chi connectivity index (χ0v) is 17.0. The Morgan fingerprint density at radius 3 is 2.71 bits per heavy atom. The number of nitrogens with one attached hydrogen (secondary N) is 2. The molecule has 1 saturated carbocycles. The number of aryl methyl sites for hydroxylation is 1. The average Bonchev–Trinajstić information content (AvgIpc) is 2.76. The highest BCUT2D eigenvalue weighted by molar-refractivity contribution is 5.66. The van der Waals surface area contributed by atoms with Crippen LogP contribution < -0.4 is 16.5 Å².